The normalized spacial score (nSPS) is 15.9. The maximum atomic E-state index is 5.07. The molecule has 1 fully saturated rings. The third-order valence-electron chi connectivity index (χ3n) is 2.14. The Hall–Kier alpha value is -0.0400. The van der Waals surface area contributed by atoms with Crippen molar-refractivity contribution in [3.8, 4) is 0 Å². The zero-order chi connectivity index (χ0) is 11.4. The van der Waals surface area contributed by atoms with E-state index in [-0.39, 0.29) is 0 Å². The summed E-state index contributed by atoms with van der Waals surface area (Å²) in [7, 11) is 0. The third kappa shape index (κ3) is 17.9. The lowest BCUT2D eigenvalue weighted by Crippen LogP contribution is -2.03. The summed E-state index contributed by atoms with van der Waals surface area (Å²) in [6.45, 7) is 14.9. The van der Waals surface area contributed by atoms with E-state index < -0.39 is 0 Å². The minimum Gasteiger partial charge on any atom is -0.381 e. The van der Waals surface area contributed by atoms with Gasteiger partial charge in [0.15, 0.2) is 0 Å². The summed E-state index contributed by atoms with van der Waals surface area (Å²) in [6.07, 6.45) is 5.20. The van der Waals surface area contributed by atoms with Crippen LogP contribution in [0.2, 0.25) is 0 Å². The van der Waals surface area contributed by atoms with Crippen molar-refractivity contribution in [2.45, 2.75) is 67.2 Å². The lowest BCUT2D eigenvalue weighted by molar-refractivity contribution is 0.0968. The van der Waals surface area contributed by atoms with E-state index in [1.807, 2.05) is 13.8 Å². The molecule has 0 unspecified atom stereocenters. The number of rotatable bonds is 0. The summed E-state index contributed by atoms with van der Waals surface area (Å²) in [5, 5.41) is 0. The molecule has 0 atom stereocenters. The number of hydrogen-bond donors (Lipinski definition) is 0. The Kier molecular flexibility index (Phi) is 12.9. The van der Waals surface area contributed by atoms with Gasteiger partial charge in [0.25, 0.3) is 0 Å². The molecular weight excluding hydrogens is 172 g/mol. The topological polar surface area (TPSA) is 9.23 Å². The third-order valence-corrected chi connectivity index (χ3v) is 2.14. The summed E-state index contributed by atoms with van der Waals surface area (Å²) in [5.74, 6) is 0. The van der Waals surface area contributed by atoms with Crippen molar-refractivity contribution in [2.24, 2.45) is 5.41 Å². The second kappa shape index (κ2) is 11.0. The van der Waals surface area contributed by atoms with Crippen LogP contribution in [0.25, 0.3) is 0 Å². The molecule has 0 saturated carbocycles. The highest BCUT2D eigenvalue weighted by Gasteiger charge is 2.03. The first-order valence-electron chi connectivity index (χ1n) is 6.14. The Morgan fingerprint density at radius 1 is 0.929 bits per heavy atom. The van der Waals surface area contributed by atoms with Gasteiger partial charge in [0.2, 0.25) is 0 Å². The molecule has 88 valence electrons. The molecule has 1 nitrogen and oxygen atoms in total. The largest absolute Gasteiger partial charge is 0.381 e. The second-order valence-corrected chi connectivity index (χ2v) is 4.59. The zero-order valence-electron chi connectivity index (χ0n) is 11.2. The predicted molar refractivity (Wildman–Crippen MR) is 65.8 cm³/mol. The summed E-state index contributed by atoms with van der Waals surface area (Å²) < 4.78 is 5.07. The highest BCUT2D eigenvalue weighted by molar-refractivity contribution is 4.55. The summed E-state index contributed by atoms with van der Waals surface area (Å²) in [4.78, 5) is 0. The Morgan fingerprint density at radius 3 is 1.36 bits per heavy atom. The smallest absolute Gasteiger partial charge is 0.0466 e. The van der Waals surface area contributed by atoms with Crippen LogP contribution in [-0.2, 0) is 4.74 Å². The molecule has 1 saturated heterocycles. The quantitative estimate of drug-likeness (QED) is 0.555. The van der Waals surface area contributed by atoms with Crippen LogP contribution in [0.15, 0.2) is 0 Å². The van der Waals surface area contributed by atoms with Crippen molar-refractivity contribution in [1.29, 1.82) is 0 Å². The fourth-order valence-corrected chi connectivity index (χ4v) is 0.687. The molecule has 0 aromatic rings. The Balaban J connectivity index is 0. The standard InChI is InChI=1S/C6H14.C5H10O.C2H6/c1-5-6(2,3)4;1-2-4-6-5-3-1;1-2/h5H2,1-4H3;1-5H2;1-2H3. The molecule has 1 aliphatic heterocycles. The Labute approximate surface area is 91.2 Å². The molecule has 0 radical (unpaired) electrons. The van der Waals surface area contributed by atoms with Crippen molar-refractivity contribution in [2.75, 3.05) is 13.2 Å². The molecule has 1 heterocycles. The summed E-state index contributed by atoms with van der Waals surface area (Å²) in [6, 6.07) is 0. The minimum atomic E-state index is 0.542. The van der Waals surface area contributed by atoms with Gasteiger partial charge in [0.05, 0.1) is 0 Å². The fraction of sp³-hybridized carbons (Fsp3) is 1.00. The van der Waals surface area contributed by atoms with Crippen LogP contribution < -0.4 is 0 Å². The maximum Gasteiger partial charge on any atom is 0.0466 e. The Bertz CT molecular complexity index is 76.4. The first-order valence-corrected chi connectivity index (χ1v) is 6.14. The zero-order valence-corrected chi connectivity index (χ0v) is 11.2. The molecule has 0 aromatic heterocycles. The number of ether oxygens (including phenoxy) is 1. The van der Waals surface area contributed by atoms with Crippen LogP contribution >= 0.6 is 0 Å². The van der Waals surface area contributed by atoms with E-state index in [1.54, 1.807) is 0 Å². The van der Waals surface area contributed by atoms with Crippen LogP contribution in [0.5, 0.6) is 0 Å². The molecule has 1 heteroatoms. The fourth-order valence-electron chi connectivity index (χ4n) is 0.687. The van der Waals surface area contributed by atoms with Crippen molar-refractivity contribution in [3.05, 3.63) is 0 Å². The second-order valence-electron chi connectivity index (χ2n) is 4.59. The maximum absolute atomic E-state index is 5.07. The van der Waals surface area contributed by atoms with Crippen LogP contribution in [0.3, 0.4) is 0 Å². The summed E-state index contributed by atoms with van der Waals surface area (Å²) in [5.41, 5.74) is 0.542. The van der Waals surface area contributed by atoms with Crippen molar-refractivity contribution in [3.63, 3.8) is 0 Å². The highest BCUT2D eigenvalue weighted by atomic mass is 16.5. The SMILES string of the molecule is C1CCOCC1.CC.CCC(C)(C)C. The lowest BCUT2D eigenvalue weighted by Gasteiger charge is -2.12. The van der Waals surface area contributed by atoms with Crippen LogP contribution in [0.4, 0.5) is 0 Å². The van der Waals surface area contributed by atoms with E-state index in [4.69, 9.17) is 4.74 Å². The van der Waals surface area contributed by atoms with Gasteiger partial charge in [-0.15, -0.1) is 0 Å². The van der Waals surface area contributed by atoms with E-state index in [0.717, 1.165) is 13.2 Å². The van der Waals surface area contributed by atoms with Gasteiger partial charge < -0.3 is 4.74 Å². The van der Waals surface area contributed by atoms with Gasteiger partial charge in [-0.3, -0.25) is 0 Å². The molecule has 0 amide bonds. The van der Waals surface area contributed by atoms with Crippen molar-refractivity contribution in [1.82, 2.24) is 0 Å². The Morgan fingerprint density at radius 2 is 1.29 bits per heavy atom. The molecule has 1 rings (SSSR count). The molecule has 0 aromatic carbocycles. The van der Waals surface area contributed by atoms with Gasteiger partial charge in [-0.2, -0.15) is 0 Å². The van der Waals surface area contributed by atoms with Crippen LogP contribution in [0.1, 0.15) is 67.2 Å². The van der Waals surface area contributed by atoms with E-state index in [2.05, 4.69) is 27.7 Å². The van der Waals surface area contributed by atoms with Gasteiger partial charge in [-0.25, -0.2) is 0 Å². The van der Waals surface area contributed by atoms with E-state index in [9.17, 15) is 0 Å². The van der Waals surface area contributed by atoms with E-state index in [0.29, 0.717) is 5.41 Å². The molecule has 1 aliphatic rings. The van der Waals surface area contributed by atoms with Gasteiger partial charge in [0, 0.05) is 13.2 Å². The van der Waals surface area contributed by atoms with Gasteiger partial charge >= 0.3 is 0 Å². The van der Waals surface area contributed by atoms with Gasteiger partial charge in [-0.1, -0.05) is 48.0 Å². The number of hydrogen-bond acceptors (Lipinski definition) is 1. The van der Waals surface area contributed by atoms with E-state index >= 15 is 0 Å². The van der Waals surface area contributed by atoms with Crippen molar-refractivity contribution < 1.29 is 4.74 Å². The molecule has 0 spiro atoms. The van der Waals surface area contributed by atoms with Crippen LogP contribution in [-0.4, -0.2) is 13.2 Å². The minimum absolute atomic E-state index is 0.542. The molecule has 0 bridgehead atoms. The average molecular weight is 202 g/mol. The molecular formula is C13H30O. The van der Waals surface area contributed by atoms with Gasteiger partial charge in [-0.05, 0) is 24.7 Å². The monoisotopic (exact) mass is 202 g/mol. The first-order chi connectivity index (χ1) is 6.56. The average Bonchev–Trinajstić information content (AvgIpc) is 2.23. The van der Waals surface area contributed by atoms with Crippen molar-refractivity contribution >= 4 is 0 Å². The summed E-state index contributed by atoms with van der Waals surface area (Å²) >= 11 is 0. The highest BCUT2D eigenvalue weighted by Crippen LogP contribution is 2.16. The lowest BCUT2D eigenvalue weighted by atomic mass is 9.94. The molecule has 0 N–H and O–H groups in total. The van der Waals surface area contributed by atoms with Gasteiger partial charge in [0.1, 0.15) is 0 Å². The first kappa shape index (κ1) is 16.4. The van der Waals surface area contributed by atoms with Crippen LogP contribution in [0, 0.1) is 5.41 Å². The molecule has 0 aliphatic carbocycles. The predicted octanol–water partition coefficient (Wildman–Crippen LogP) is 4.66. The van der Waals surface area contributed by atoms with E-state index in [1.165, 1.54) is 25.7 Å². The molecule has 14 heavy (non-hydrogen) atoms.